The second-order valence-corrected chi connectivity index (χ2v) is 6.31. The van der Waals surface area contributed by atoms with E-state index in [1.165, 1.54) is 6.42 Å². The molecule has 0 aromatic carbocycles. The standard InChI is InChI=1S/C11H11Br2N3O/c12-8-4-14-10(9(13)15-8)16-11(17)7-2-5-1-6(5)3-7/h4-7H,1-3H2,(H,14,16,17). The van der Waals surface area contributed by atoms with E-state index in [1.54, 1.807) is 6.20 Å². The Kier molecular flexibility index (Phi) is 2.94. The number of nitrogens with zero attached hydrogens (tertiary/aromatic N) is 2. The van der Waals surface area contributed by atoms with Crippen LogP contribution in [0.5, 0.6) is 0 Å². The van der Waals surface area contributed by atoms with Crippen molar-refractivity contribution in [3.8, 4) is 0 Å². The highest BCUT2D eigenvalue weighted by molar-refractivity contribution is 9.11. The zero-order valence-electron chi connectivity index (χ0n) is 8.99. The van der Waals surface area contributed by atoms with Crippen molar-refractivity contribution >= 4 is 43.6 Å². The number of hydrogen-bond acceptors (Lipinski definition) is 3. The van der Waals surface area contributed by atoms with Crippen molar-refractivity contribution in [2.75, 3.05) is 5.32 Å². The Morgan fingerprint density at radius 1 is 1.29 bits per heavy atom. The number of anilines is 1. The average Bonchev–Trinajstić information content (AvgIpc) is 2.89. The van der Waals surface area contributed by atoms with E-state index < -0.39 is 0 Å². The summed E-state index contributed by atoms with van der Waals surface area (Å²) in [4.78, 5) is 20.3. The Bertz CT molecular complexity index is 470. The van der Waals surface area contributed by atoms with Crippen LogP contribution in [-0.2, 0) is 4.79 Å². The van der Waals surface area contributed by atoms with Crippen LogP contribution in [0.15, 0.2) is 15.4 Å². The third-order valence-electron chi connectivity index (χ3n) is 3.56. The van der Waals surface area contributed by atoms with Gasteiger partial charge < -0.3 is 5.32 Å². The Hall–Kier alpha value is -0.490. The summed E-state index contributed by atoms with van der Waals surface area (Å²) in [6.45, 7) is 0. The summed E-state index contributed by atoms with van der Waals surface area (Å²) in [6.07, 6.45) is 4.98. The molecule has 2 saturated carbocycles. The van der Waals surface area contributed by atoms with Crippen molar-refractivity contribution in [1.29, 1.82) is 0 Å². The smallest absolute Gasteiger partial charge is 0.228 e. The molecule has 0 bridgehead atoms. The first-order chi connectivity index (χ1) is 8.13. The van der Waals surface area contributed by atoms with Gasteiger partial charge in [0.25, 0.3) is 0 Å². The van der Waals surface area contributed by atoms with Crippen molar-refractivity contribution < 1.29 is 4.79 Å². The minimum Gasteiger partial charge on any atom is -0.308 e. The van der Waals surface area contributed by atoms with E-state index in [0.717, 1.165) is 24.7 Å². The van der Waals surface area contributed by atoms with Gasteiger partial charge in [0.1, 0.15) is 9.21 Å². The van der Waals surface area contributed by atoms with Crippen LogP contribution in [0.2, 0.25) is 0 Å². The fourth-order valence-corrected chi connectivity index (χ4v) is 3.49. The molecule has 90 valence electrons. The molecule has 0 radical (unpaired) electrons. The largest absolute Gasteiger partial charge is 0.308 e. The van der Waals surface area contributed by atoms with Gasteiger partial charge in [0, 0.05) is 5.92 Å². The number of carbonyl (C=O) groups is 1. The molecule has 0 saturated heterocycles. The molecule has 2 unspecified atom stereocenters. The van der Waals surface area contributed by atoms with Crippen LogP contribution in [0.3, 0.4) is 0 Å². The molecule has 1 heterocycles. The Morgan fingerprint density at radius 3 is 2.65 bits per heavy atom. The molecular weight excluding hydrogens is 350 g/mol. The molecule has 1 aromatic heterocycles. The van der Waals surface area contributed by atoms with Crippen molar-refractivity contribution in [1.82, 2.24) is 9.97 Å². The fourth-order valence-electron chi connectivity index (χ4n) is 2.58. The highest BCUT2D eigenvalue weighted by Crippen LogP contribution is 2.54. The quantitative estimate of drug-likeness (QED) is 0.882. The molecule has 2 fully saturated rings. The molecule has 17 heavy (non-hydrogen) atoms. The van der Waals surface area contributed by atoms with E-state index in [-0.39, 0.29) is 11.8 Å². The van der Waals surface area contributed by atoms with Crippen LogP contribution < -0.4 is 5.32 Å². The molecule has 0 aliphatic heterocycles. The first kappa shape index (κ1) is 11.6. The van der Waals surface area contributed by atoms with E-state index in [4.69, 9.17) is 0 Å². The number of rotatable bonds is 2. The number of nitrogens with one attached hydrogen (secondary N) is 1. The van der Waals surface area contributed by atoms with E-state index in [9.17, 15) is 4.79 Å². The highest BCUT2D eigenvalue weighted by atomic mass is 79.9. The summed E-state index contributed by atoms with van der Waals surface area (Å²) in [5, 5.41) is 2.84. The summed E-state index contributed by atoms with van der Waals surface area (Å²) >= 11 is 6.51. The first-order valence-electron chi connectivity index (χ1n) is 5.62. The van der Waals surface area contributed by atoms with Crippen LogP contribution in [0.4, 0.5) is 5.82 Å². The van der Waals surface area contributed by atoms with Gasteiger partial charge in [0.05, 0.1) is 6.20 Å². The average molecular weight is 361 g/mol. The predicted octanol–water partition coefficient (Wildman–Crippen LogP) is 2.99. The fraction of sp³-hybridized carbons (Fsp3) is 0.545. The van der Waals surface area contributed by atoms with Crippen LogP contribution in [0, 0.1) is 17.8 Å². The second kappa shape index (κ2) is 4.31. The minimum atomic E-state index is 0.0783. The summed E-state index contributed by atoms with van der Waals surface area (Å²) in [7, 11) is 0. The van der Waals surface area contributed by atoms with Crippen LogP contribution >= 0.6 is 31.9 Å². The van der Waals surface area contributed by atoms with Gasteiger partial charge in [-0.25, -0.2) is 9.97 Å². The van der Waals surface area contributed by atoms with E-state index >= 15 is 0 Å². The number of fused-ring (bicyclic) bond motifs is 1. The monoisotopic (exact) mass is 359 g/mol. The lowest BCUT2D eigenvalue weighted by Gasteiger charge is -2.12. The Balaban J connectivity index is 1.67. The molecule has 2 aliphatic rings. The molecule has 0 spiro atoms. The number of halogens is 2. The van der Waals surface area contributed by atoms with Crippen molar-refractivity contribution in [3.63, 3.8) is 0 Å². The molecular formula is C11H11Br2N3O. The minimum absolute atomic E-state index is 0.0783. The van der Waals surface area contributed by atoms with Gasteiger partial charge in [-0.3, -0.25) is 4.79 Å². The third-order valence-corrected chi connectivity index (χ3v) is 4.49. The van der Waals surface area contributed by atoms with Crippen molar-refractivity contribution in [2.24, 2.45) is 17.8 Å². The number of amides is 1. The molecule has 2 atom stereocenters. The van der Waals surface area contributed by atoms with Crippen molar-refractivity contribution in [2.45, 2.75) is 19.3 Å². The number of aromatic nitrogens is 2. The predicted molar refractivity (Wildman–Crippen MR) is 70.4 cm³/mol. The molecule has 1 aromatic rings. The van der Waals surface area contributed by atoms with E-state index in [0.29, 0.717) is 15.0 Å². The van der Waals surface area contributed by atoms with Crippen LogP contribution in [0.1, 0.15) is 19.3 Å². The van der Waals surface area contributed by atoms with Gasteiger partial charge in [-0.15, -0.1) is 0 Å². The number of carbonyl (C=O) groups excluding carboxylic acids is 1. The zero-order valence-corrected chi connectivity index (χ0v) is 12.2. The lowest BCUT2D eigenvalue weighted by molar-refractivity contribution is -0.120. The van der Waals surface area contributed by atoms with Gasteiger partial charge in [0.2, 0.25) is 5.91 Å². The van der Waals surface area contributed by atoms with Gasteiger partial charge in [-0.05, 0) is 63.0 Å². The highest BCUT2D eigenvalue weighted by Gasteiger charge is 2.48. The van der Waals surface area contributed by atoms with Gasteiger partial charge >= 0.3 is 0 Å². The Labute approximate surface area is 116 Å². The molecule has 1 N–H and O–H groups in total. The summed E-state index contributed by atoms with van der Waals surface area (Å²) in [5.41, 5.74) is 0. The van der Waals surface area contributed by atoms with Gasteiger partial charge in [-0.2, -0.15) is 0 Å². The second-order valence-electron chi connectivity index (χ2n) is 4.75. The maximum absolute atomic E-state index is 12.0. The molecule has 4 nitrogen and oxygen atoms in total. The molecule has 6 heteroatoms. The zero-order chi connectivity index (χ0) is 12.0. The SMILES string of the molecule is O=C(Nc1ncc(Br)nc1Br)C1CC2CC2C1. The third kappa shape index (κ3) is 2.38. The van der Waals surface area contributed by atoms with Crippen molar-refractivity contribution in [3.05, 3.63) is 15.4 Å². The maximum atomic E-state index is 12.0. The summed E-state index contributed by atoms with van der Waals surface area (Å²) in [6, 6.07) is 0. The number of hydrogen-bond donors (Lipinski definition) is 1. The summed E-state index contributed by atoms with van der Waals surface area (Å²) < 4.78 is 1.20. The first-order valence-corrected chi connectivity index (χ1v) is 7.21. The van der Waals surface area contributed by atoms with Gasteiger partial charge in [0.15, 0.2) is 5.82 Å². The summed E-state index contributed by atoms with van der Waals surface area (Å²) in [5.74, 6) is 2.36. The molecule has 3 rings (SSSR count). The lowest BCUT2D eigenvalue weighted by Crippen LogP contribution is -2.22. The normalized spacial score (nSPS) is 29.9. The topological polar surface area (TPSA) is 54.9 Å². The lowest BCUT2D eigenvalue weighted by atomic mass is 10.0. The molecule has 2 aliphatic carbocycles. The Morgan fingerprint density at radius 2 is 2.00 bits per heavy atom. The van der Waals surface area contributed by atoms with Crippen LogP contribution in [-0.4, -0.2) is 15.9 Å². The van der Waals surface area contributed by atoms with E-state index in [1.807, 2.05) is 0 Å². The van der Waals surface area contributed by atoms with E-state index in [2.05, 4.69) is 47.1 Å². The maximum Gasteiger partial charge on any atom is 0.228 e. The molecule has 1 amide bonds. The van der Waals surface area contributed by atoms with Gasteiger partial charge in [-0.1, -0.05) is 0 Å². The van der Waals surface area contributed by atoms with Crippen LogP contribution in [0.25, 0.3) is 0 Å².